The minimum absolute atomic E-state index is 0.000378. The summed E-state index contributed by atoms with van der Waals surface area (Å²) in [7, 11) is 2.98. The van der Waals surface area contributed by atoms with Crippen molar-refractivity contribution in [1.82, 2.24) is 4.90 Å². The number of benzene rings is 1. The van der Waals surface area contributed by atoms with Crippen molar-refractivity contribution < 1.29 is 24.2 Å². The zero-order chi connectivity index (χ0) is 14.7. The van der Waals surface area contributed by atoms with E-state index in [2.05, 4.69) is 0 Å². The Morgan fingerprint density at radius 3 is 2.55 bits per heavy atom. The maximum absolute atomic E-state index is 11.6. The van der Waals surface area contributed by atoms with Gasteiger partial charge in [-0.3, -0.25) is 4.79 Å². The van der Waals surface area contributed by atoms with E-state index < -0.39 is 12.0 Å². The fourth-order valence-electron chi connectivity index (χ4n) is 2.20. The largest absolute Gasteiger partial charge is 0.497 e. The lowest BCUT2D eigenvalue weighted by Gasteiger charge is -2.26. The Morgan fingerprint density at radius 2 is 2.10 bits per heavy atom. The van der Waals surface area contributed by atoms with Gasteiger partial charge in [-0.1, -0.05) is 0 Å². The van der Waals surface area contributed by atoms with E-state index in [4.69, 9.17) is 9.47 Å². The lowest BCUT2D eigenvalue weighted by Crippen LogP contribution is -2.35. The molecule has 1 saturated carbocycles. The van der Waals surface area contributed by atoms with E-state index in [1.165, 1.54) is 19.1 Å². The molecular formula is C14H17NO5. The van der Waals surface area contributed by atoms with Gasteiger partial charge in [-0.05, 0) is 25.0 Å². The van der Waals surface area contributed by atoms with Crippen LogP contribution in [-0.2, 0) is 9.59 Å². The number of methoxy groups -OCH3 is 2. The molecule has 1 N–H and O–H groups in total. The summed E-state index contributed by atoms with van der Waals surface area (Å²) in [6.45, 7) is 0. The average Bonchev–Trinajstić information content (AvgIpc) is 3.28. The number of hydrogen-bond donors (Lipinski definition) is 1. The highest BCUT2D eigenvalue weighted by Gasteiger charge is 2.38. The third-order valence-corrected chi connectivity index (χ3v) is 3.36. The van der Waals surface area contributed by atoms with E-state index in [-0.39, 0.29) is 6.04 Å². The zero-order valence-corrected chi connectivity index (χ0v) is 11.4. The van der Waals surface area contributed by atoms with E-state index in [0.29, 0.717) is 23.5 Å². The summed E-state index contributed by atoms with van der Waals surface area (Å²) in [5, 5.41) is 9.46. The minimum Gasteiger partial charge on any atom is -0.497 e. The third kappa shape index (κ3) is 2.68. The predicted octanol–water partition coefficient (Wildman–Crippen LogP) is 1.45. The molecule has 0 spiro atoms. The number of carbonyl (C=O) groups is 2. The van der Waals surface area contributed by atoms with E-state index in [1.54, 1.807) is 18.2 Å². The molecule has 108 valence electrons. The Hall–Kier alpha value is -2.24. The molecular weight excluding hydrogens is 262 g/mol. The number of hydrogen-bond acceptors (Lipinski definition) is 4. The van der Waals surface area contributed by atoms with Crippen molar-refractivity contribution in [2.24, 2.45) is 0 Å². The Morgan fingerprint density at radius 1 is 1.40 bits per heavy atom. The first kappa shape index (κ1) is 14.2. The monoisotopic (exact) mass is 279 g/mol. The number of ether oxygens (including phenoxy) is 2. The van der Waals surface area contributed by atoms with Crippen molar-refractivity contribution in [1.29, 1.82) is 0 Å². The molecule has 1 fully saturated rings. The normalized spacial score (nSPS) is 15.3. The molecule has 1 aliphatic carbocycles. The van der Waals surface area contributed by atoms with Gasteiger partial charge in [0.1, 0.15) is 11.5 Å². The van der Waals surface area contributed by atoms with Crippen LogP contribution >= 0.6 is 0 Å². The molecule has 1 unspecified atom stereocenters. The lowest BCUT2D eigenvalue weighted by molar-refractivity contribution is -0.147. The maximum Gasteiger partial charge on any atom is 0.331 e. The van der Waals surface area contributed by atoms with Crippen LogP contribution in [0.2, 0.25) is 0 Å². The molecule has 6 nitrogen and oxygen atoms in total. The van der Waals surface area contributed by atoms with Gasteiger partial charge in [0.25, 0.3) is 0 Å². The number of nitrogens with zero attached hydrogens (tertiary/aromatic N) is 1. The summed E-state index contributed by atoms with van der Waals surface area (Å²) >= 11 is 0. The Labute approximate surface area is 116 Å². The Bertz CT molecular complexity index is 512. The van der Waals surface area contributed by atoms with Gasteiger partial charge in [0.2, 0.25) is 6.41 Å². The zero-order valence-electron chi connectivity index (χ0n) is 11.4. The molecule has 0 bridgehead atoms. The van der Waals surface area contributed by atoms with Gasteiger partial charge in [-0.25, -0.2) is 4.79 Å². The quantitative estimate of drug-likeness (QED) is 0.764. The van der Waals surface area contributed by atoms with Gasteiger partial charge < -0.3 is 19.5 Å². The van der Waals surface area contributed by atoms with Gasteiger partial charge >= 0.3 is 5.97 Å². The van der Waals surface area contributed by atoms with Crippen LogP contribution in [-0.4, -0.2) is 42.6 Å². The van der Waals surface area contributed by atoms with Crippen molar-refractivity contribution in [2.45, 2.75) is 24.9 Å². The number of carboxylic acids is 1. The molecule has 1 aromatic rings. The summed E-state index contributed by atoms with van der Waals surface area (Å²) in [6, 6.07) is 3.85. The molecule has 1 amide bonds. The average molecular weight is 279 g/mol. The van der Waals surface area contributed by atoms with Crippen molar-refractivity contribution in [3.05, 3.63) is 23.8 Å². The second-order valence-corrected chi connectivity index (χ2v) is 4.63. The molecule has 20 heavy (non-hydrogen) atoms. The second-order valence-electron chi connectivity index (χ2n) is 4.63. The van der Waals surface area contributed by atoms with Crippen molar-refractivity contribution in [2.75, 3.05) is 14.2 Å². The number of carboxylic acid groups (broad SMARTS) is 1. The number of amides is 1. The topological polar surface area (TPSA) is 76.1 Å². The van der Waals surface area contributed by atoms with Crippen molar-refractivity contribution >= 4 is 12.4 Å². The van der Waals surface area contributed by atoms with E-state index in [9.17, 15) is 14.7 Å². The smallest absolute Gasteiger partial charge is 0.331 e. The molecule has 0 aromatic heterocycles. The van der Waals surface area contributed by atoms with Gasteiger partial charge in [-0.15, -0.1) is 0 Å². The molecule has 1 aliphatic rings. The Kier molecular flexibility index (Phi) is 4.12. The first-order chi connectivity index (χ1) is 9.62. The van der Waals surface area contributed by atoms with Gasteiger partial charge in [0.05, 0.1) is 14.2 Å². The minimum atomic E-state index is -1.08. The van der Waals surface area contributed by atoms with Crippen LogP contribution in [0.4, 0.5) is 0 Å². The fourth-order valence-corrected chi connectivity index (χ4v) is 2.20. The standard InChI is InChI=1S/C14H17NO5/c1-19-10-5-6-11(12(7-10)20-2)13(14(17)18)15(8-16)9-3-4-9/h5-9,13H,3-4H2,1-2H3,(H,17,18). The molecule has 2 rings (SSSR count). The Balaban J connectivity index is 2.42. The van der Waals surface area contributed by atoms with Gasteiger partial charge in [0, 0.05) is 17.7 Å². The summed E-state index contributed by atoms with van der Waals surface area (Å²) in [5.41, 5.74) is 0.444. The van der Waals surface area contributed by atoms with E-state index in [0.717, 1.165) is 12.8 Å². The number of rotatable bonds is 7. The summed E-state index contributed by atoms with van der Waals surface area (Å²) in [5.74, 6) is -0.115. The van der Waals surface area contributed by atoms with Crippen molar-refractivity contribution in [3.8, 4) is 11.5 Å². The predicted molar refractivity (Wildman–Crippen MR) is 70.8 cm³/mol. The number of carbonyl (C=O) groups excluding carboxylic acids is 1. The molecule has 1 atom stereocenters. The molecule has 0 heterocycles. The van der Waals surface area contributed by atoms with Crippen LogP contribution in [0.1, 0.15) is 24.4 Å². The highest BCUT2D eigenvalue weighted by Crippen LogP contribution is 2.37. The van der Waals surface area contributed by atoms with Crippen LogP contribution in [0.15, 0.2) is 18.2 Å². The molecule has 6 heteroatoms. The van der Waals surface area contributed by atoms with Crippen LogP contribution in [0.25, 0.3) is 0 Å². The first-order valence-electron chi connectivity index (χ1n) is 6.29. The van der Waals surface area contributed by atoms with Gasteiger partial charge in [-0.2, -0.15) is 0 Å². The molecule has 0 saturated heterocycles. The van der Waals surface area contributed by atoms with Gasteiger partial charge in [0.15, 0.2) is 6.04 Å². The fraction of sp³-hybridized carbons (Fsp3) is 0.429. The molecule has 0 radical (unpaired) electrons. The van der Waals surface area contributed by atoms with Crippen LogP contribution < -0.4 is 9.47 Å². The van der Waals surface area contributed by atoms with Crippen LogP contribution in [0.3, 0.4) is 0 Å². The SMILES string of the molecule is COc1ccc(C(C(=O)O)N(C=O)C2CC2)c(OC)c1. The molecule has 1 aromatic carbocycles. The van der Waals surface area contributed by atoms with Crippen LogP contribution in [0.5, 0.6) is 11.5 Å². The van der Waals surface area contributed by atoms with Crippen LogP contribution in [0, 0.1) is 0 Å². The van der Waals surface area contributed by atoms with E-state index >= 15 is 0 Å². The second kappa shape index (κ2) is 5.81. The summed E-state index contributed by atoms with van der Waals surface area (Å²) in [4.78, 5) is 24.1. The van der Waals surface area contributed by atoms with Crippen molar-refractivity contribution in [3.63, 3.8) is 0 Å². The number of aliphatic carboxylic acids is 1. The lowest BCUT2D eigenvalue weighted by atomic mass is 10.0. The maximum atomic E-state index is 11.6. The first-order valence-corrected chi connectivity index (χ1v) is 6.29. The summed E-state index contributed by atoms with van der Waals surface area (Å²) in [6.07, 6.45) is 2.27. The highest BCUT2D eigenvalue weighted by molar-refractivity contribution is 5.79. The third-order valence-electron chi connectivity index (χ3n) is 3.36. The highest BCUT2D eigenvalue weighted by atomic mass is 16.5. The molecule has 0 aliphatic heterocycles. The van der Waals surface area contributed by atoms with E-state index in [1.807, 2.05) is 0 Å². The summed E-state index contributed by atoms with van der Waals surface area (Å²) < 4.78 is 10.3.